The summed E-state index contributed by atoms with van der Waals surface area (Å²) in [5.41, 5.74) is 13.0. The highest BCUT2D eigenvalue weighted by atomic mass is 16.6. The molecule has 13 nitrogen and oxygen atoms in total. The van der Waals surface area contributed by atoms with E-state index in [-0.39, 0.29) is 28.4 Å². The Hall–Kier alpha value is -11.8. The van der Waals surface area contributed by atoms with E-state index < -0.39 is 23.1 Å². The number of esters is 1. The van der Waals surface area contributed by atoms with Gasteiger partial charge in [0.1, 0.15) is 25.4 Å². The highest BCUT2D eigenvalue weighted by molar-refractivity contribution is 6.20. The minimum Gasteiger partial charge on any atom is -0.507 e. The Bertz CT molecular complexity index is 5000. The molecule has 13 heteroatoms. The Morgan fingerprint density at radius 2 is 0.895 bits per heavy atom. The van der Waals surface area contributed by atoms with Gasteiger partial charge in [0.25, 0.3) is 0 Å². The highest BCUT2D eigenvalue weighted by Gasteiger charge is 2.38. The first-order chi connectivity index (χ1) is 45.7. The summed E-state index contributed by atoms with van der Waals surface area (Å²) in [6, 6.07) is 69.4. The minimum absolute atomic E-state index is 0.0873. The van der Waals surface area contributed by atoms with E-state index >= 15 is 9.59 Å². The third-order valence-corrected chi connectivity index (χ3v) is 17.9. The standard InChI is InChI=1S/C82H72N6O7/c1-83(2)59-36-27-53(28-37-59)62(21-17-47-82(57-32-38-60(39-33-57)84(3)4,58-34-40-61(41-35-58)85(5)6)95-81(94)68-50-55(31-46-75(68)90)74(89)44-25-52-26-45-76(91)77(92)48-52)54-30-43-69(86(7)8)67(49-54)80(93)56-29-42-66-73(51-56)88(10)72-24-16-13-20-65(72)79(66)78-63-18-11-14-22-70(63)87(9)71-23-15-12-19-64(71)78/h11-51H,1-10H3,(H,89,90,94)/p+2. The van der Waals surface area contributed by atoms with Crippen molar-refractivity contribution in [3.63, 3.8) is 0 Å². The van der Waals surface area contributed by atoms with Crippen molar-refractivity contribution in [2.75, 3.05) is 76.0 Å². The monoisotopic (exact) mass is 1250 g/mol. The van der Waals surface area contributed by atoms with E-state index in [2.05, 4.69) is 114 Å². The maximum atomic E-state index is 15.8. The molecule has 0 aliphatic heterocycles. The van der Waals surface area contributed by atoms with Crippen LogP contribution in [0.2, 0.25) is 0 Å². The van der Waals surface area contributed by atoms with Gasteiger partial charge in [-0.05, 0) is 144 Å². The first-order valence-corrected chi connectivity index (χ1v) is 31.3. The van der Waals surface area contributed by atoms with Crippen molar-refractivity contribution < 1.29 is 43.6 Å². The zero-order chi connectivity index (χ0) is 67.0. The molecule has 10 aromatic carbocycles. The normalized spacial score (nSPS) is 11.9. The number of aromatic nitrogens is 2. The molecule has 2 heterocycles. The van der Waals surface area contributed by atoms with Gasteiger partial charge in [0, 0.05) is 142 Å². The lowest BCUT2D eigenvalue weighted by atomic mass is 9.84. The number of pyridine rings is 2. The minimum atomic E-state index is -1.69. The molecule has 0 saturated heterocycles. The predicted molar refractivity (Wildman–Crippen MR) is 384 cm³/mol. The molecule has 0 aliphatic carbocycles. The average Bonchev–Trinajstić information content (AvgIpc) is 0.724. The van der Waals surface area contributed by atoms with Gasteiger partial charge in [0.2, 0.25) is 22.1 Å². The summed E-state index contributed by atoms with van der Waals surface area (Å²) in [7, 11) is 19.8. The number of benzene rings is 10. The smallest absolute Gasteiger partial charge is 0.343 e. The maximum Gasteiger partial charge on any atom is 0.343 e. The average molecular weight is 1260 g/mol. The molecule has 12 rings (SSSR count). The second-order valence-corrected chi connectivity index (χ2v) is 24.7. The molecule has 0 atom stereocenters. The van der Waals surface area contributed by atoms with Crippen molar-refractivity contribution >= 4 is 95.5 Å². The topological polar surface area (TPSA) is 142 Å². The lowest BCUT2D eigenvalue weighted by molar-refractivity contribution is -0.617. The summed E-state index contributed by atoms with van der Waals surface area (Å²) in [6.45, 7) is 0. The fourth-order valence-corrected chi connectivity index (χ4v) is 12.7. The van der Waals surface area contributed by atoms with Crippen molar-refractivity contribution in [3.8, 4) is 28.4 Å². The van der Waals surface area contributed by atoms with Crippen LogP contribution in [0.1, 0.15) is 64.5 Å². The SMILES string of the molecule is CN(C)c1ccc(C(=CC=CC(OC(=O)c2cc(C(=O)C=Cc3ccc(O)c(O)c3)ccc2O)(c2ccc(N(C)C)cc2)c2ccc(N(C)C)cc2)c2ccc(N(C)C)c(C(=O)c3ccc4c(-c5c6ccccc6[n+](C)c6ccccc56)c5ccccc5[n+](C)c4c3)c2)cc1. The molecule has 472 valence electrons. The number of fused-ring (bicyclic) bond motifs is 4. The van der Waals surface area contributed by atoms with Crippen molar-refractivity contribution in [1.29, 1.82) is 0 Å². The van der Waals surface area contributed by atoms with Crippen LogP contribution in [0.25, 0.3) is 66.4 Å². The molecule has 0 amide bonds. The van der Waals surface area contributed by atoms with Crippen LogP contribution in [0.3, 0.4) is 0 Å². The number of anilines is 4. The molecule has 0 fully saturated rings. The molecule has 0 aliphatic rings. The highest BCUT2D eigenvalue weighted by Crippen LogP contribution is 2.44. The van der Waals surface area contributed by atoms with Gasteiger partial charge < -0.3 is 39.7 Å². The zero-order valence-electron chi connectivity index (χ0n) is 54.8. The molecule has 12 aromatic rings. The van der Waals surface area contributed by atoms with Crippen LogP contribution in [0.5, 0.6) is 17.2 Å². The molecule has 0 unspecified atom stereocenters. The number of carbonyl (C=O) groups is 3. The summed E-state index contributed by atoms with van der Waals surface area (Å²) in [4.78, 5) is 52.7. The number of aryl methyl sites for hydroxylation is 2. The number of phenols is 3. The Kier molecular flexibility index (Phi) is 17.4. The van der Waals surface area contributed by atoms with Gasteiger partial charge in [-0.1, -0.05) is 103 Å². The predicted octanol–water partition coefficient (Wildman–Crippen LogP) is 14.9. The number of para-hydroxylation sites is 3. The van der Waals surface area contributed by atoms with Crippen molar-refractivity contribution in [3.05, 3.63) is 293 Å². The fraction of sp³-hybridized carbons (Fsp3) is 0.134. The van der Waals surface area contributed by atoms with Gasteiger partial charge in [0.15, 0.2) is 28.7 Å². The maximum absolute atomic E-state index is 15.8. The van der Waals surface area contributed by atoms with E-state index in [9.17, 15) is 20.1 Å². The van der Waals surface area contributed by atoms with Crippen LogP contribution in [-0.2, 0) is 24.4 Å². The third-order valence-electron chi connectivity index (χ3n) is 17.9. The van der Waals surface area contributed by atoms with Gasteiger partial charge in [-0.15, -0.1) is 0 Å². The summed E-state index contributed by atoms with van der Waals surface area (Å²) in [5, 5.41) is 35.8. The summed E-state index contributed by atoms with van der Waals surface area (Å²) in [6.07, 6.45) is 8.40. The Balaban J connectivity index is 1.01. The van der Waals surface area contributed by atoms with Crippen LogP contribution < -0.4 is 28.7 Å². The zero-order valence-corrected chi connectivity index (χ0v) is 54.8. The summed E-state index contributed by atoms with van der Waals surface area (Å²) in [5.74, 6) is -2.63. The van der Waals surface area contributed by atoms with E-state index in [0.29, 0.717) is 27.8 Å². The van der Waals surface area contributed by atoms with Gasteiger partial charge in [-0.3, -0.25) is 9.59 Å². The number of ketones is 2. The lowest BCUT2D eigenvalue weighted by Crippen LogP contribution is -2.32. The molecule has 0 bridgehead atoms. The summed E-state index contributed by atoms with van der Waals surface area (Å²) < 4.78 is 11.3. The Labute approximate surface area is 553 Å². The van der Waals surface area contributed by atoms with Crippen LogP contribution in [-0.4, -0.2) is 89.2 Å². The third kappa shape index (κ3) is 12.2. The number of carbonyl (C=O) groups excluding carboxylic acids is 3. The molecular formula is C82H74N6O7+2. The molecule has 0 radical (unpaired) electrons. The molecule has 0 spiro atoms. The van der Waals surface area contributed by atoms with E-state index in [1.165, 1.54) is 48.6 Å². The first-order valence-electron chi connectivity index (χ1n) is 31.3. The quantitative estimate of drug-likeness (QED) is 0.0144. The van der Waals surface area contributed by atoms with E-state index in [0.717, 1.165) is 94.2 Å². The number of allylic oxidation sites excluding steroid dienone is 3. The number of hydrogen-bond donors (Lipinski definition) is 3. The number of ether oxygens (including phenoxy) is 1. The molecule has 3 N–H and O–H groups in total. The van der Waals surface area contributed by atoms with Gasteiger partial charge >= 0.3 is 5.97 Å². The van der Waals surface area contributed by atoms with Crippen molar-refractivity contribution in [1.82, 2.24) is 0 Å². The number of phenolic OH excluding ortho intramolecular Hbond substituents is 3. The van der Waals surface area contributed by atoms with Gasteiger partial charge in [-0.2, -0.15) is 9.13 Å². The van der Waals surface area contributed by atoms with Gasteiger partial charge in [0.05, 0.1) is 21.5 Å². The van der Waals surface area contributed by atoms with Crippen molar-refractivity contribution in [2.24, 2.45) is 14.1 Å². The van der Waals surface area contributed by atoms with E-state index in [1.807, 2.05) is 185 Å². The second kappa shape index (κ2) is 26.0. The van der Waals surface area contributed by atoms with Crippen LogP contribution >= 0.6 is 0 Å². The Morgan fingerprint density at radius 3 is 1.42 bits per heavy atom. The number of rotatable bonds is 18. The molecule has 0 saturated carbocycles. The Morgan fingerprint density at radius 1 is 0.432 bits per heavy atom. The second-order valence-electron chi connectivity index (χ2n) is 24.7. The molecule has 2 aromatic heterocycles. The van der Waals surface area contributed by atoms with E-state index in [1.54, 1.807) is 0 Å². The largest absolute Gasteiger partial charge is 0.507 e. The van der Waals surface area contributed by atoms with Crippen LogP contribution in [0.15, 0.2) is 243 Å². The number of nitrogens with zero attached hydrogens (tertiary/aromatic N) is 6. The molecular weight excluding hydrogens is 1180 g/mol. The number of hydrogen-bond acceptors (Lipinski definition) is 11. The van der Waals surface area contributed by atoms with Gasteiger partial charge in [-0.25, -0.2) is 4.79 Å². The van der Waals surface area contributed by atoms with Crippen LogP contribution in [0.4, 0.5) is 22.7 Å². The summed E-state index contributed by atoms with van der Waals surface area (Å²) >= 11 is 0. The number of aromatic hydroxyl groups is 3. The first kappa shape index (κ1) is 63.3. The fourth-order valence-electron chi connectivity index (χ4n) is 12.7. The van der Waals surface area contributed by atoms with E-state index in [4.69, 9.17) is 4.74 Å². The van der Waals surface area contributed by atoms with Crippen molar-refractivity contribution in [2.45, 2.75) is 5.60 Å². The van der Waals surface area contributed by atoms with Crippen LogP contribution in [0, 0.1) is 0 Å². The molecule has 95 heavy (non-hydrogen) atoms. The lowest BCUT2D eigenvalue weighted by Gasteiger charge is -2.33.